The second-order valence-corrected chi connectivity index (χ2v) is 3.93. The van der Waals surface area contributed by atoms with Gasteiger partial charge >= 0.3 is 0 Å². The minimum atomic E-state index is 0.758. The number of nitrogens with one attached hydrogen (secondary N) is 1. The number of aromatic nitrogens is 1. The number of hydrogen-bond acceptors (Lipinski definition) is 1. The highest BCUT2D eigenvalue weighted by atomic mass is 35.5. The largest absolute Gasteiger partial charge is 0.380 e. The number of aryl methyl sites for hydroxylation is 1. The van der Waals surface area contributed by atoms with Gasteiger partial charge in [0.25, 0.3) is 0 Å². The minimum Gasteiger partial charge on any atom is -0.380 e. The Hall–Kier alpha value is -1.41. The molecule has 0 saturated carbocycles. The van der Waals surface area contributed by atoms with Gasteiger partial charge in [0.1, 0.15) is 0 Å². The molecule has 0 atom stereocenters. The summed E-state index contributed by atoms with van der Waals surface area (Å²) in [6.07, 6.45) is 4.12. The van der Waals surface area contributed by atoms with Crippen LogP contribution in [0.3, 0.4) is 0 Å². The molecule has 0 unspecified atom stereocenters. The predicted molar refractivity (Wildman–Crippen MR) is 64.2 cm³/mol. The van der Waals surface area contributed by atoms with Crippen LogP contribution in [0, 0.1) is 0 Å². The number of hydrogen-bond donors (Lipinski definition) is 1. The summed E-state index contributed by atoms with van der Waals surface area (Å²) in [5, 5.41) is 4.06. The molecule has 1 aromatic heterocycles. The highest BCUT2D eigenvalue weighted by Crippen LogP contribution is 2.20. The molecule has 1 N–H and O–H groups in total. The molecule has 0 saturated heterocycles. The third-order valence-corrected chi connectivity index (χ3v) is 2.58. The molecule has 0 aliphatic heterocycles. The van der Waals surface area contributed by atoms with Crippen LogP contribution in [0.2, 0.25) is 5.02 Å². The van der Waals surface area contributed by atoms with Crippen LogP contribution in [-0.2, 0) is 13.6 Å². The lowest BCUT2D eigenvalue weighted by Crippen LogP contribution is -1.98. The van der Waals surface area contributed by atoms with Crippen molar-refractivity contribution >= 4 is 17.3 Å². The van der Waals surface area contributed by atoms with Gasteiger partial charge in [-0.2, -0.15) is 0 Å². The SMILES string of the molecule is Cn1ccc(CNc2ccccc2Cl)c1. The van der Waals surface area contributed by atoms with Crippen LogP contribution in [0.25, 0.3) is 0 Å². The van der Waals surface area contributed by atoms with Crippen LogP contribution in [0.15, 0.2) is 42.7 Å². The van der Waals surface area contributed by atoms with E-state index in [1.54, 1.807) is 0 Å². The molecule has 0 bridgehead atoms. The van der Waals surface area contributed by atoms with E-state index in [1.807, 2.05) is 42.1 Å². The first-order valence-electron chi connectivity index (χ1n) is 4.85. The maximum atomic E-state index is 6.03. The van der Waals surface area contributed by atoms with Crippen molar-refractivity contribution in [3.63, 3.8) is 0 Å². The number of para-hydroxylation sites is 1. The van der Waals surface area contributed by atoms with E-state index in [0.717, 1.165) is 17.3 Å². The Labute approximate surface area is 94.5 Å². The summed E-state index contributed by atoms with van der Waals surface area (Å²) >= 11 is 6.03. The molecule has 0 aliphatic carbocycles. The van der Waals surface area contributed by atoms with E-state index in [4.69, 9.17) is 11.6 Å². The lowest BCUT2D eigenvalue weighted by atomic mass is 10.3. The van der Waals surface area contributed by atoms with Crippen LogP contribution >= 0.6 is 11.6 Å². The quantitative estimate of drug-likeness (QED) is 0.840. The summed E-state index contributed by atoms with van der Waals surface area (Å²) in [7, 11) is 2.01. The fraction of sp³-hybridized carbons (Fsp3) is 0.167. The number of halogens is 1. The molecule has 0 fully saturated rings. The van der Waals surface area contributed by atoms with Crippen molar-refractivity contribution in [1.29, 1.82) is 0 Å². The summed E-state index contributed by atoms with van der Waals surface area (Å²) in [6.45, 7) is 0.796. The van der Waals surface area contributed by atoms with Gasteiger partial charge in [-0.1, -0.05) is 23.7 Å². The fourth-order valence-electron chi connectivity index (χ4n) is 1.47. The summed E-state index contributed by atoms with van der Waals surface area (Å²) in [5.41, 5.74) is 2.22. The molecule has 1 heterocycles. The van der Waals surface area contributed by atoms with E-state index < -0.39 is 0 Å². The van der Waals surface area contributed by atoms with Gasteiger partial charge in [-0.3, -0.25) is 0 Å². The molecule has 2 rings (SSSR count). The molecule has 0 radical (unpaired) electrons. The second-order valence-electron chi connectivity index (χ2n) is 3.52. The lowest BCUT2D eigenvalue weighted by molar-refractivity contribution is 0.920. The van der Waals surface area contributed by atoms with E-state index >= 15 is 0 Å². The molecule has 2 aromatic rings. The highest BCUT2D eigenvalue weighted by Gasteiger charge is 1.98. The topological polar surface area (TPSA) is 17.0 Å². The summed E-state index contributed by atoms with van der Waals surface area (Å²) in [4.78, 5) is 0. The molecule has 1 aromatic carbocycles. The van der Waals surface area contributed by atoms with Crippen molar-refractivity contribution in [2.75, 3.05) is 5.32 Å². The van der Waals surface area contributed by atoms with Crippen LogP contribution in [0.5, 0.6) is 0 Å². The first kappa shape index (κ1) is 10.1. The Balaban J connectivity index is 2.02. The zero-order valence-corrected chi connectivity index (χ0v) is 9.33. The van der Waals surface area contributed by atoms with Gasteiger partial charge < -0.3 is 9.88 Å². The van der Waals surface area contributed by atoms with Crippen LogP contribution < -0.4 is 5.32 Å². The maximum Gasteiger partial charge on any atom is 0.0637 e. The van der Waals surface area contributed by atoms with E-state index in [1.165, 1.54) is 5.56 Å². The highest BCUT2D eigenvalue weighted by molar-refractivity contribution is 6.33. The van der Waals surface area contributed by atoms with Gasteiger partial charge in [0.2, 0.25) is 0 Å². The average molecular weight is 221 g/mol. The van der Waals surface area contributed by atoms with Crippen molar-refractivity contribution in [1.82, 2.24) is 4.57 Å². The van der Waals surface area contributed by atoms with Crippen LogP contribution in [0.4, 0.5) is 5.69 Å². The monoisotopic (exact) mass is 220 g/mol. The molecular formula is C12H13ClN2. The Morgan fingerprint density at radius 3 is 2.73 bits per heavy atom. The molecular weight excluding hydrogens is 208 g/mol. The zero-order chi connectivity index (χ0) is 10.7. The predicted octanol–water partition coefficient (Wildman–Crippen LogP) is 3.29. The molecule has 0 amide bonds. The normalized spacial score (nSPS) is 10.3. The Bertz CT molecular complexity index is 448. The molecule has 3 heteroatoms. The van der Waals surface area contributed by atoms with Crippen molar-refractivity contribution in [3.05, 3.63) is 53.3 Å². The van der Waals surface area contributed by atoms with Crippen molar-refractivity contribution in [2.24, 2.45) is 7.05 Å². The first-order chi connectivity index (χ1) is 7.25. The van der Waals surface area contributed by atoms with E-state index in [9.17, 15) is 0 Å². The number of nitrogens with zero attached hydrogens (tertiary/aromatic N) is 1. The summed E-state index contributed by atoms with van der Waals surface area (Å²) in [6, 6.07) is 9.85. The molecule has 0 spiro atoms. The Morgan fingerprint density at radius 2 is 2.07 bits per heavy atom. The van der Waals surface area contributed by atoms with Gasteiger partial charge in [0.15, 0.2) is 0 Å². The van der Waals surface area contributed by atoms with E-state index in [2.05, 4.69) is 17.6 Å². The third-order valence-electron chi connectivity index (χ3n) is 2.25. The first-order valence-corrected chi connectivity index (χ1v) is 5.23. The average Bonchev–Trinajstić information content (AvgIpc) is 2.63. The molecule has 0 aliphatic rings. The van der Waals surface area contributed by atoms with Gasteiger partial charge in [-0.25, -0.2) is 0 Å². The van der Waals surface area contributed by atoms with Crippen molar-refractivity contribution < 1.29 is 0 Å². The van der Waals surface area contributed by atoms with Gasteiger partial charge in [-0.15, -0.1) is 0 Å². The Kier molecular flexibility index (Phi) is 2.97. The van der Waals surface area contributed by atoms with E-state index in [-0.39, 0.29) is 0 Å². The van der Waals surface area contributed by atoms with E-state index in [0.29, 0.717) is 0 Å². The fourth-order valence-corrected chi connectivity index (χ4v) is 1.67. The van der Waals surface area contributed by atoms with Crippen LogP contribution in [0.1, 0.15) is 5.56 Å². The minimum absolute atomic E-state index is 0.758. The molecule has 2 nitrogen and oxygen atoms in total. The standard InChI is InChI=1S/C12H13ClN2/c1-15-7-6-10(9-15)8-14-12-5-3-2-4-11(12)13/h2-7,9,14H,8H2,1H3. The second kappa shape index (κ2) is 4.41. The third kappa shape index (κ3) is 2.54. The summed E-state index contributed by atoms with van der Waals surface area (Å²) < 4.78 is 2.03. The zero-order valence-electron chi connectivity index (χ0n) is 8.57. The number of rotatable bonds is 3. The van der Waals surface area contributed by atoms with Crippen molar-refractivity contribution in [3.8, 4) is 0 Å². The summed E-state index contributed by atoms with van der Waals surface area (Å²) in [5.74, 6) is 0. The number of benzene rings is 1. The van der Waals surface area contributed by atoms with Crippen molar-refractivity contribution in [2.45, 2.75) is 6.54 Å². The lowest BCUT2D eigenvalue weighted by Gasteiger charge is -2.06. The smallest absolute Gasteiger partial charge is 0.0637 e. The van der Waals surface area contributed by atoms with Gasteiger partial charge in [-0.05, 0) is 23.8 Å². The van der Waals surface area contributed by atoms with Gasteiger partial charge in [0, 0.05) is 26.0 Å². The van der Waals surface area contributed by atoms with Gasteiger partial charge in [0.05, 0.1) is 10.7 Å². The molecule has 15 heavy (non-hydrogen) atoms. The maximum absolute atomic E-state index is 6.03. The Morgan fingerprint density at radius 1 is 1.27 bits per heavy atom. The number of anilines is 1. The molecule has 78 valence electrons. The van der Waals surface area contributed by atoms with Crippen LogP contribution in [-0.4, -0.2) is 4.57 Å².